The quantitative estimate of drug-likeness (QED) is 0.806. The number of hydrogen-bond donors (Lipinski definition) is 1. The Morgan fingerprint density at radius 3 is 2.35 bits per heavy atom. The maximum atomic E-state index is 12.3. The van der Waals surface area contributed by atoms with E-state index in [1.807, 2.05) is 24.3 Å². The van der Waals surface area contributed by atoms with Gasteiger partial charge in [0.15, 0.2) is 0 Å². The number of ether oxygens (including phenoxy) is 2. The standard InChI is InChI=1S/C19H21ClN2O4/c1-13(23)22(17-10-15(20)6-9-18(17)26-3)12-19(24)21-11-14-4-7-16(25-2)8-5-14/h4-10H,11-12H2,1-3H3,(H,21,24). The fourth-order valence-electron chi connectivity index (χ4n) is 2.38. The number of anilines is 1. The molecule has 1 N–H and O–H groups in total. The molecular formula is C19H21ClN2O4. The SMILES string of the molecule is COc1ccc(CNC(=O)CN(C(C)=O)c2cc(Cl)ccc2OC)cc1. The Hall–Kier alpha value is -2.73. The molecule has 2 aromatic carbocycles. The van der Waals surface area contributed by atoms with Gasteiger partial charge in [-0.25, -0.2) is 0 Å². The van der Waals surface area contributed by atoms with Gasteiger partial charge in [0, 0.05) is 18.5 Å². The van der Waals surface area contributed by atoms with Crippen LogP contribution in [0.4, 0.5) is 5.69 Å². The molecule has 0 aliphatic heterocycles. The minimum atomic E-state index is -0.293. The summed E-state index contributed by atoms with van der Waals surface area (Å²) in [6.07, 6.45) is 0. The first-order valence-corrected chi connectivity index (χ1v) is 8.33. The Labute approximate surface area is 157 Å². The first-order valence-electron chi connectivity index (χ1n) is 7.96. The summed E-state index contributed by atoms with van der Waals surface area (Å²) < 4.78 is 10.4. The summed E-state index contributed by atoms with van der Waals surface area (Å²) in [4.78, 5) is 25.7. The van der Waals surface area contributed by atoms with E-state index in [0.717, 1.165) is 11.3 Å². The predicted octanol–water partition coefficient (Wildman–Crippen LogP) is 3.03. The lowest BCUT2D eigenvalue weighted by Gasteiger charge is -2.23. The van der Waals surface area contributed by atoms with Crippen LogP contribution in [0.15, 0.2) is 42.5 Å². The summed E-state index contributed by atoms with van der Waals surface area (Å²) >= 11 is 6.02. The number of benzene rings is 2. The molecule has 0 saturated carbocycles. The minimum Gasteiger partial charge on any atom is -0.497 e. The van der Waals surface area contributed by atoms with Crippen molar-refractivity contribution in [1.82, 2.24) is 5.32 Å². The minimum absolute atomic E-state index is 0.137. The van der Waals surface area contributed by atoms with Gasteiger partial charge in [0.2, 0.25) is 11.8 Å². The van der Waals surface area contributed by atoms with Crippen LogP contribution in [0.1, 0.15) is 12.5 Å². The number of methoxy groups -OCH3 is 2. The van der Waals surface area contributed by atoms with E-state index in [2.05, 4.69) is 5.32 Å². The molecule has 26 heavy (non-hydrogen) atoms. The van der Waals surface area contributed by atoms with Crippen molar-refractivity contribution in [1.29, 1.82) is 0 Å². The summed E-state index contributed by atoms with van der Waals surface area (Å²) in [7, 11) is 3.09. The van der Waals surface area contributed by atoms with Crippen molar-refractivity contribution < 1.29 is 19.1 Å². The van der Waals surface area contributed by atoms with Gasteiger partial charge in [-0.05, 0) is 35.9 Å². The Morgan fingerprint density at radius 2 is 1.77 bits per heavy atom. The fourth-order valence-corrected chi connectivity index (χ4v) is 2.55. The van der Waals surface area contributed by atoms with Crippen molar-refractivity contribution in [3.8, 4) is 11.5 Å². The molecule has 0 unspecified atom stereocenters. The molecule has 0 spiro atoms. The highest BCUT2D eigenvalue weighted by atomic mass is 35.5. The van der Waals surface area contributed by atoms with Gasteiger partial charge >= 0.3 is 0 Å². The van der Waals surface area contributed by atoms with Gasteiger partial charge < -0.3 is 14.8 Å². The molecule has 0 aliphatic rings. The molecule has 0 fully saturated rings. The molecule has 0 aromatic heterocycles. The molecule has 138 valence electrons. The van der Waals surface area contributed by atoms with E-state index in [4.69, 9.17) is 21.1 Å². The molecule has 2 amide bonds. The van der Waals surface area contributed by atoms with E-state index in [0.29, 0.717) is 23.0 Å². The van der Waals surface area contributed by atoms with Crippen LogP contribution in [0.2, 0.25) is 5.02 Å². The third-order valence-electron chi connectivity index (χ3n) is 3.76. The van der Waals surface area contributed by atoms with Crippen molar-refractivity contribution in [3.05, 3.63) is 53.1 Å². The lowest BCUT2D eigenvalue weighted by atomic mass is 10.2. The zero-order valence-corrected chi connectivity index (χ0v) is 15.7. The molecule has 2 aromatic rings. The van der Waals surface area contributed by atoms with E-state index < -0.39 is 0 Å². The number of amides is 2. The molecule has 0 aliphatic carbocycles. The van der Waals surface area contributed by atoms with E-state index in [9.17, 15) is 9.59 Å². The fraction of sp³-hybridized carbons (Fsp3) is 0.263. The van der Waals surface area contributed by atoms with E-state index in [1.54, 1.807) is 25.3 Å². The zero-order valence-electron chi connectivity index (χ0n) is 14.9. The molecule has 0 heterocycles. The highest BCUT2D eigenvalue weighted by Gasteiger charge is 2.19. The first-order chi connectivity index (χ1) is 12.4. The number of carbonyl (C=O) groups is 2. The van der Waals surface area contributed by atoms with Crippen LogP contribution in [0, 0.1) is 0 Å². The van der Waals surface area contributed by atoms with Crippen LogP contribution in [0.25, 0.3) is 0 Å². The topological polar surface area (TPSA) is 67.9 Å². The maximum absolute atomic E-state index is 12.3. The molecule has 6 nitrogen and oxygen atoms in total. The Kier molecular flexibility index (Phi) is 6.86. The molecule has 0 bridgehead atoms. The average Bonchev–Trinajstić information content (AvgIpc) is 2.64. The predicted molar refractivity (Wildman–Crippen MR) is 101 cm³/mol. The summed E-state index contributed by atoms with van der Waals surface area (Å²) in [5.74, 6) is 0.631. The van der Waals surface area contributed by atoms with Gasteiger partial charge in [-0.1, -0.05) is 23.7 Å². The van der Waals surface area contributed by atoms with Crippen LogP contribution in [0.5, 0.6) is 11.5 Å². The summed E-state index contributed by atoms with van der Waals surface area (Å²) in [5, 5.41) is 3.25. The van der Waals surface area contributed by atoms with E-state index in [-0.39, 0.29) is 18.4 Å². The van der Waals surface area contributed by atoms with Crippen molar-refractivity contribution in [2.45, 2.75) is 13.5 Å². The van der Waals surface area contributed by atoms with Gasteiger partial charge in [-0.15, -0.1) is 0 Å². The van der Waals surface area contributed by atoms with Gasteiger partial charge in [0.1, 0.15) is 18.0 Å². The van der Waals surface area contributed by atoms with Gasteiger partial charge in [-0.2, -0.15) is 0 Å². The third-order valence-corrected chi connectivity index (χ3v) is 4.00. The van der Waals surface area contributed by atoms with Crippen LogP contribution in [-0.4, -0.2) is 32.6 Å². The summed E-state index contributed by atoms with van der Waals surface area (Å²) in [6.45, 7) is 1.60. The molecule has 0 saturated heterocycles. The highest BCUT2D eigenvalue weighted by molar-refractivity contribution is 6.31. The summed E-state index contributed by atoms with van der Waals surface area (Å²) in [6, 6.07) is 12.3. The second-order valence-corrected chi connectivity index (χ2v) is 5.98. The molecule has 0 radical (unpaired) electrons. The Morgan fingerprint density at radius 1 is 1.08 bits per heavy atom. The first kappa shape index (κ1) is 19.6. The van der Waals surface area contributed by atoms with Crippen LogP contribution in [0.3, 0.4) is 0 Å². The van der Waals surface area contributed by atoms with Crippen LogP contribution >= 0.6 is 11.6 Å². The lowest BCUT2D eigenvalue weighted by Crippen LogP contribution is -2.39. The monoisotopic (exact) mass is 376 g/mol. The number of hydrogen-bond acceptors (Lipinski definition) is 4. The summed E-state index contributed by atoms with van der Waals surface area (Å²) in [5.41, 5.74) is 1.38. The third kappa shape index (κ3) is 5.13. The normalized spacial score (nSPS) is 10.2. The van der Waals surface area contributed by atoms with Crippen molar-refractivity contribution >= 4 is 29.1 Å². The van der Waals surface area contributed by atoms with Crippen LogP contribution < -0.4 is 19.7 Å². The van der Waals surface area contributed by atoms with Gasteiger partial charge in [-0.3, -0.25) is 14.5 Å². The number of nitrogens with zero attached hydrogens (tertiary/aromatic N) is 1. The maximum Gasteiger partial charge on any atom is 0.240 e. The smallest absolute Gasteiger partial charge is 0.240 e. The van der Waals surface area contributed by atoms with Gasteiger partial charge in [0.05, 0.1) is 19.9 Å². The zero-order chi connectivity index (χ0) is 19.1. The van der Waals surface area contributed by atoms with E-state index >= 15 is 0 Å². The number of rotatable bonds is 7. The van der Waals surface area contributed by atoms with E-state index in [1.165, 1.54) is 18.9 Å². The second kappa shape index (κ2) is 9.10. The second-order valence-electron chi connectivity index (χ2n) is 5.55. The van der Waals surface area contributed by atoms with Crippen molar-refractivity contribution in [2.75, 3.05) is 25.7 Å². The molecule has 7 heteroatoms. The molecule has 2 rings (SSSR count). The Balaban J connectivity index is 2.06. The Bertz CT molecular complexity index is 778. The van der Waals surface area contributed by atoms with Crippen molar-refractivity contribution in [3.63, 3.8) is 0 Å². The average molecular weight is 377 g/mol. The molecule has 0 atom stereocenters. The molecular weight excluding hydrogens is 356 g/mol. The number of carbonyl (C=O) groups excluding carboxylic acids is 2. The number of halogens is 1. The van der Waals surface area contributed by atoms with Crippen LogP contribution in [-0.2, 0) is 16.1 Å². The van der Waals surface area contributed by atoms with Gasteiger partial charge in [0.25, 0.3) is 0 Å². The largest absolute Gasteiger partial charge is 0.497 e. The highest BCUT2D eigenvalue weighted by Crippen LogP contribution is 2.31. The number of nitrogens with one attached hydrogen (secondary N) is 1. The van der Waals surface area contributed by atoms with Crippen molar-refractivity contribution in [2.24, 2.45) is 0 Å². The lowest BCUT2D eigenvalue weighted by molar-refractivity contribution is -0.123.